The van der Waals surface area contributed by atoms with Gasteiger partial charge in [-0.15, -0.1) is 24.8 Å². The molecule has 0 spiro atoms. The van der Waals surface area contributed by atoms with Gasteiger partial charge in [0.05, 0.1) is 0 Å². The number of hydrogen-bond donors (Lipinski definition) is 0. The molecule has 2 aromatic rings. The van der Waals surface area contributed by atoms with E-state index in [2.05, 4.69) is 152 Å². The molecule has 0 amide bonds. The summed E-state index contributed by atoms with van der Waals surface area (Å²) >= 11 is -4.40. The number of halogens is 2. The molecule has 0 fully saturated rings. The van der Waals surface area contributed by atoms with Gasteiger partial charge < -0.3 is 0 Å². The molecule has 4 heteroatoms. The summed E-state index contributed by atoms with van der Waals surface area (Å²) in [4.78, 5) is 0. The SMILES string of the molecule is Cl.Cl.[SiH2]=[Zr]([c]1ccccc1)([c]1ccccc1)([c]1ccc2cccccc1-2)[c]1ccc2cccccc1-2. The van der Waals surface area contributed by atoms with E-state index in [0.717, 1.165) is 0 Å². The Morgan fingerprint density at radius 1 is 0.361 bits per heavy atom. The Morgan fingerprint density at radius 2 is 0.694 bits per heavy atom. The zero-order chi connectivity index (χ0) is 23.0. The topological polar surface area (TPSA) is 0 Å². The summed E-state index contributed by atoms with van der Waals surface area (Å²) < 4.78 is 5.99. The van der Waals surface area contributed by atoms with Crippen LogP contribution in [0.1, 0.15) is 0 Å². The van der Waals surface area contributed by atoms with Gasteiger partial charge in [-0.25, -0.2) is 0 Å². The van der Waals surface area contributed by atoms with Gasteiger partial charge >= 0.3 is 205 Å². The second-order valence-electron chi connectivity index (χ2n) is 9.24. The van der Waals surface area contributed by atoms with Crippen LogP contribution in [0.2, 0.25) is 0 Å². The molecule has 6 rings (SSSR count). The van der Waals surface area contributed by atoms with Crippen LogP contribution in [-0.2, 0) is 17.4 Å². The van der Waals surface area contributed by atoms with Crippen molar-refractivity contribution in [2.45, 2.75) is 0 Å². The van der Waals surface area contributed by atoms with Crippen molar-refractivity contribution in [3.63, 3.8) is 0 Å². The van der Waals surface area contributed by atoms with Crippen molar-refractivity contribution in [2.24, 2.45) is 0 Å². The maximum atomic E-state index is 2.44. The molecule has 0 aliphatic heterocycles. The molecule has 0 saturated carbocycles. The minimum absolute atomic E-state index is 0. The molecule has 178 valence electrons. The minimum atomic E-state index is -4.40. The first kappa shape index (κ1) is 26.6. The van der Waals surface area contributed by atoms with E-state index in [4.69, 9.17) is 0 Å². The summed E-state index contributed by atoms with van der Waals surface area (Å²) in [5.74, 6) is 0. The molecule has 0 nitrogen and oxygen atoms in total. The number of benzene rings is 2. The van der Waals surface area contributed by atoms with Crippen LogP contribution in [0.25, 0.3) is 22.3 Å². The molecule has 4 aliphatic carbocycles. The molecule has 0 saturated heterocycles. The molecule has 0 aromatic heterocycles. The molecular formula is C32H28Cl2SiZr. The number of hydrogen-bond acceptors (Lipinski definition) is 0. The summed E-state index contributed by atoms with van der Waals surface area (Å²) in [5, 5.41) is 0. The van der Waals surface area contributed by atoms with Crippen LogP contribution >= 0.6 is 24.8 Å². The summed E-state index contributed by atoms with van der Waals surface area (Å²) in [7, 11) is 0. The van der Waals surface area contributed by atoms with Crippen LogP contribution in [0.4, 0.5) is 0 Å². The molecule has 4 aliphatic rings. The normalized spacial score (nSPS) is 11.5. The zero-order valence-corrected chi connectivity index (χ0v) is 25.4. The van der Waals surface area contributed by atoms with Gasteiger partial charge in [0.15, 0.2) is 0 Å². The average molecular weight is 603 g/mol. The molecule has 0 heterocycles. The van der Waals surface area contributed by atoms with Crippen molar-refractivity contribution in [1.29, 1.82) is 0 Å². The Morgan fingerprint density at radius 3 is 1.08 bits per heavy atom. The quantitative estimate of drug-likeness (QED) is 0.231. The first-order valence-corrected chi connectivity index (χ1v) is 22.7. The first-order valence-electron chi connectivity index (χ1n) is 11.8. The fraction of sp³-hybridized carbons (Fsp3) is 0. The van der Waals surface area contributed by atoms with Gasteiger partial charge in [0.2, 0.25) is 0 Å². The van der Waals surface area contributed by atoms with Crippen molar-refractivity contribution >= 4 is 44.8 Å². The second-order valence-corrected chi connectivity index (χ2v) is 30.3. The van der Waals surface area contributed by atoms with Crippen LogP contribution < -0.4 is 13.1 Å². The van der Waals surface area contributed by atoms with E-state index in [9.17, 15) is 0 Å². The molecule has 0 bridgehead atoms. The van der Waals surface area contributed by atoms with Crippen LogP contribution in [0.15, 0.2) is 146 Å². The third-order valence-corrected chi connectivity index (χ3v) is 32.8. The zero-order valence-electron chi connectivity index (χ0n) is 19.9. The molecular weight excluding hydrogens is 575 g/mol. The summed E-state index contributed by atoms with van der Waals surface area (Å²) in [5.41, 5.74) is 5.35. The van der Waals surface area contributed by atoms with E-state index in [1.165, 1.54) is 35.3 Å². The van der Waals surface area contributed by atoms with Crippen molar-refractivity contribution in [2.75, 3.05) is 0 Å². The van der Waals surface area contributed by atoms with Crippen molar-refractivity contribution in [1.82, 2.24) is 0 Å². The molecule has 36 heavy (non-hydrogen) atoms. The van der Waals surface area contributed by atoms with Crippen molar-refractivity contribution < 1.29 is 17.4 Å². The predicted octanol–water partition coefficient (Wildman–Crippen LogP) is 5.58. The summed E-state index contributed by atoms with van der Waals surface area (Å²) in [6.45, 7) is 2.32. The first-order chi connectivity index (χ1) is 16.7. The Kier molecular flexibility index (Phi) is 7.74. The number of fused-ring (bicyclic) bond motifs is 2. The van der Waals surface area contributed by atoms with Crippen LogP contribution in [0.5, 0.6) is 0 Å². The molecule has 0 N–H and O–H groups in total. The Labute approximate surface area is 228 Å². The van der Waals surface area contributed by atoms with Crippen molar-refractivity contribution in [3.8, 4) is 22.3 Å². The van der Waals surface area contributed by atoms with E-state index < -0.39 is 17.4 Å². The van der Waals surface area contributed by atoms with E-state index in [1.54, 1.807) is 0 Å². The fourth-order valence-electron chi connectivity index (χ4n) is 5.94. The van der Waals surface area contributed by atoms with E-state index in [1.807, 2.05) is 0 Å². The van der Waals surface area contributed by atoms with E-state index in [-0.39, 0.29) is 24.8 Å². The van der Waals surface area contributed by atoms with Gasteiger partial charge in [0, 0.05) is 0 Å². The standard InChI is InChI=1S/2C10H7.2C6H5.2ClH.H2Si.Zr/c2*1-2-5-9-7-4-8-10(9)6-3-1;2*1-2-4-6-5-3-1;;;;/h2*1-7H;2*1-5H;2*1H;1H2;. The number of rotatable bonds is 4. The second kappa shape index (κ2) is 10.5. The monoisotopic (exact) mass is 600 g/mol. The van der Waals surface area contributed by atoms with Gasteiger partial charge in [-0.3, -0.25) is 0 Å². The summed E-state index contributed by atoms with van der Waals surface area (Å²) in [6.07, 6.45) is 0. The van der Waals surface area contributed by atoms with Crippen LogP contribution in [-0.4, -0.2) is 6.88 Å². The fourth-order valence-corrected chi connectivity index (χ4v) is 27.8. The maximum absolute atomic E-state index is 4.40. The Hall–Kier alpha value is -2.48. The van der Waals surface area contributed by atoms with E-state index in [0.29, 0.717) is 0 Å². The van der Waals surface area contributed by atoms with Gasteiger partial charge in [0.1, 0.15) is 0 Å². The predicted molar refractivity (Wildman–Crippen MR) is 161 cm³/mol. The van der Waals surface area contributed by atoms with Crippen LogP contribution in [0.3, 0.4) is 0 Å². The van der Waals surface area contributed by atoms with Crippen LogP contribution in [0, 0.1) is 0 Å². The average Bonchev–Trinajstić information content (AvgIpc) is 3.32. The van der Waals surface area contributed by atoms with Gasteiger partial charge in [-0.1, -0.05) is 0 Å². The molecule has 0 radical (unpaired) electrons. The third kappa shape index (κ3) is 3.83. The van der Waals surface area contributed by atoms with Gasteiger partial charge in [-0.2, -0.15) is 0 Å². The molecule has 0 unspecified atom stereocenters. The molecule has 2 aromatic carbocycles. The van der Waals surface area contributed by atoms with Gasteiger partial charge in [-0.05, 0) is 0 Å². The summed E-state index contributed by atoms with van der Waals surface area (Å²) in [6, 6.07) is 54.3. The van der Waals surface area contributed by atoms with Crippen molar-refractivity contribution in [3.05, 3.63) is 146 Å². The Balaban J connectivity index is 0.00000152. The Bertz CT molecular complexity index is 1490. The van der Waals surface area contributed by atoms with E-state index >= 15 is 0 Å². The molecule has 0 atom stereocenters. The third-order valence-electron chi connectivity index (χ3n) is 7.59. The van der Waals surface area contributed by atoms with Gasteiger partial charge in [0.25, 0.3) is 0 Å².